The van der Waals surface area contributed by atoms with Crippen molar-refractivity contribution in [3.8, 4) is 11.1 Å². The van der Waals surface area contributed by atoms with Crippen molar-refractivity contribution in [3.05, 3.63) is 175 Å². The highest BCUT2D eigenvalue weighted by Crippen LogP contribution is 2.47. The van der Waals surface area contributed by atoms with Crippen molar-refractivity contribution in [1.82, 2.24) is 0 Å². The van der Waals surface area contributed by atoms with E-state index < -0.39 is 0 Å². The molecule has 1 nitrogen and oxygen atoms in total. The van der Waals surface area contributed by atoms with Gasteiger partial charge in [0.1, 0.15) is 0 Å². The van der Waals surface area contributed by atoms with E-state index in [1.165, 1.54) is 76.2 Å². The summed E-state index contributed by atoms with van der Waals surface area (Å²) in [5, 5.41) is 12.6. The maximum absolute atomic E-state index is 2.44. The SMILES string of the molecule is Cc1ccc(N(c2ccc3ccccc3c2)c2cc3c4ccccc4c4cc(-c5ccccc5)ccc4c3c3ccccc23)cc1. The number of nitrogens with zero attached hydrogens (tertiary/aromatic N) is 1. The molecule has 0 aliphatic heterocycles. The van der Waals surface area contributed by atoms with Gasteiger partial charge in [-0.15, -0.1) is 0 Å². The number of hydrogen-bond acceptors (Lipinski definition) is 1. The first-order valence-electron chi connectivity index (χ1n) is 15.9. The molecule has 1 heteroatoms. The van der Waals surface area contributed by atoms with E-state index in [0.29, 0.717) is 0 Å². The topological polar surface area (TPSA) is 3.24 Å². The molecular weight excluding hydrogens is 555 g/mol. The highest BCUT2D eigenvalue weighted by molar-refractivity contribution is 6.33. The molecule has 216 valence electrons. The number of fused-ring (bicyclic) bond motifs is 9. The molecule has 9 rings (SSSR count). The normalized spacial score (nSPS) is 11.6. The third-order valence-electron chi connectivity index (χ3n) is 9.45. The van der Waals surface area contributed by atoms with Gasteiger partial charge in [0.2, 0.25) is 0 Å². The maximum atomic E-state index is 2.44. The summed E-state index contributed by atoms with van der Waals surface area (Å²) in [4.78, 5) is 2.44. The van der Waals surface area contributed by atoms with E-state index in [1.807, 2.05) is 0 Å². The summed E-state index contributed by atoms with van der Waals surface area (Å²) < 4.78 is 0. The van der Waals surface area contributed by atoms with Crippen molar-refractivity contribution in [3.63, 3.8) is 0 Å². The molecule has 0 saturated heterocycles. The molecule has 0 radical (unpaired) electrons. The molecular formula is C45H31N. The zero-order valence-electron chi connectivity index (χ0n) is 25.6. The van der Waals surface area contributed by atoms with E-state index in [2.05, 4.69) is 182 Å². The van der Waals surface area contributed by atoms with Crippen LogP contribution in [0.4, 0.5) is 17.1 Å². The zero-order valence-corrected chi connectivity index (χ0v) is 25.6. The van der Waals surface area contributed by atoms with Crippen LogP contribution < -0.4 is 4.90 Å². The molecule has 0 aromatic heterocycles. The molecule has 0 fully saturated rings. The fourth-order valence-electron chi connectivity index (χ4n) is 7.23. The van der Waals surface area contributed by atoms with Crippen LogP contribution in [0.25, 0.3) is 65.0 Å². The van der Waals surface area contributed by atoms with Gasteiger partial charge in [-0.1, -0.05) is 139 Å². The number of benzene rings is 9. The molecule has 0 saturated carbocycles. The molecule has 9 aromatic rings. The molecule has 0 heterocycles. The van der Waals surface area contributed by atoms with Gasteiger partial charge in [-0.05, 0) is 103 Å². The Hall–Kier alpha value is -5.92. The fraction of sp³-hybridized carbons (Fsp3) is 0.0222. The largest absolute Gasteiger partial charge is 0.310 e. The van der Waals surface area contributed by atoms with Gasteiger partial charge in [-0.25, -0.2) is 0 Å². The molecule has 0 unspecified atom stereocenters. The summed E-state index contributed by atoms with van der Waals surface area (Å²) in [6, 6.07) is 62.3. The first-order chi connectivity index (χ1) is 22.7. The Morgan fingerprint density at radius 1 is 0.348 bits per heavy atom. The summed E-state index contributed by atoms with van der Waals surface area (Å²) in [6.45, 7) is 2.15. The van der Waals surface area contributed by atoms with Crippen LogP contribution in [0.1, 0.15) is 5.56 Å². The predicted molar refractivity (Wildman–Crippen MR) is 199 cm³/mol. The lowest BCUT2D eigenvalue weighted by atomic mass is 9.88. The molecule has 46 heavy (non-hydrogen) atoms. The Kier molecular flexibility index (Phi) is 6.11. The monoisotopic (exact) mass is 585 g/mol. The van der Waals surface area contributed by atoms with E-state index in [9.17, 15) is 0 Å². The van der Waals surface area contributed by atoms with Crippen LogP contribution in [0.15, 0.2) is 170 Å². The Morgan fingerprint density at radius 2 is 0.957 bits per heavy atom. The van der Waals surface area contributed by atoms with Crippen LogP contribution in [-0.4, -0.2) is 0 Å². The lowest BCUT2D eigenvalue weighted by Gasteiger charge is -2.28. The highest BCUT2D eigenvalue weighted by Gasteiger charge is 2.20. The van der Waals surface area contributed by atoms with Gasteiger partial charge in [-0.2, -0.15) is 0 Å². The average molecular weight is 586 g/mol. The Bertz CT molecular complexity index is 2580. The maximum Gasteiger partial charge on any atom is 0.0546 e. The Balaban J connectivity index is 1.40. The van der Waals surface area contributed by atoms with E-state index in [0.717, 1.165) is 11.4 Å². The van der Waals surface area contributed by atoms with Crippen molar-refractivity contribution in [2.45, 2.75) is 6.92 Å². The second-order valence-corrected chi connectivity index (χ2v) is 12.2. The average Bonchev–Trinajstić information content (AvgIpc) is 3.12. The van der Waals surface area contributed by atoms with Crippen molar-refractivity contribution in [2.24, 2.45) is 0 Å². The molecule has 0 atom stereocenters. The van der Waals surface area contributed by atoms with Gasteiger partial charge < -0.3 is 4.90 Å². The minimum absolute atomic E-state index is 1.14. The van der Waals surface area contributed by atoms with Crippen LogP contribution in [0.2, 0.25) is 0 Å². The smallest absolute Gasteiger partial charge is 0.0546 e. The minimum Gasteiger partial charge on any atom is -0.310 e. The van der Waals surface area contributed by atoms with Crippen LogP contribution >= 0.6 is 0 Å². The first-order valence-corrected chi connectivity index (χ1v) is 15.9. The van der Waals surface area contributed by atoms with Gasteiger partial charge in [0, 0.05) is 16.8 Å². The van der Waals surface area contributed by atoms with Gasteiger partial charge in [0.25, 0.3) is 0 Å². The standard InChI is InChI=1S/C45H31N/c1-30-19-23-35(24-20-30)46(36-25-21-32-13-5-6-14-33(32)27-36)44-29-43-38-16-8-7-15-37(38)42-28-34(31-11-3-2-4-12-31)22-26-41(42)45(43)40-18-10-9-17-39(40)44/h2-29H,1H3. The van der Waals surface area contributed by atoms with Crippen LogP contribution in [0.5, 0.6) is 0 Å². The van der Waals surface area contributed by atoms with Gasteiger partial charge in [-0.3, -0.25) is 0 Å². The van der Waals surface area contributed by atoms with Crippen molar-refractivity contribution in [1.29, 1.82) is 0 Å². The number of hydrogen-bond donors (Lipinski definition) is 0. The van der Waals surface area contributed by atoms with Gasteiger partial charge >= 0.3 is 0 Å². The van der Waals surface area contributed by atoms with E-state index in [-0.39, 0.29) is 0 Å². The van der Waals surface area contributed by atoms with Crippen LogP contribution in [0, 0.1) is 6.92 Å². The molecule has 0 aliphatic rings. The Morgan fingerprint density at radius 3 is 1.74 bits per heavy atom. The molecule has 0 aliphatic carbocycles. The summed E-state index contributed by atoms with van der Waals surface area (Å²) in [5.41, 5.74) is 7.18. The quantitative estimate of drug-likeness (QED) is 0.186. The van der Waals surface area contributed by atoms with Crippen LogP contribution in [0.3, 0.4) is 0 Å². The summed E-state index contributed by atoms with van der Waals surface area (Å²) in [6.07, 6.45) is 0. The zero-order chi connectivity index (χ0) is 30.6. The van der Waals surface area contributed by atoms with Crippen molar-refractivity contribution >= 4 is 70.9 Å². The number of rotatable bonds is 4. The third-order valence-corrected chi connectivity index (χ3v) is 9.45. The summed E-state index contributed by atoms with van der Waals surface area (Å²) >= 11 is 0. The fourth-order valence-corrected chi connectivity index (χ4v) is 7.23. The van der Waals surface area contributed by atoms with Crippen molar-refractivity contribution in [2.75, 3.05) is 4.90 Å². The summed E-state index contributed by atoms with van der Waals surface area (Å²) in [7, 11) is 0. The second-order valence-electron chi connectivity index (χ2n) is 12.2. The second kappa shape index (κ2) is 10.6. The van der Waals surface area contributed by atoms with Gasteiger partial charge in [0.15, 0.2) is 0 Å². The number of anilines is 3. The first kappa shape index (κ1) is 26.5. The molecule has 0 amide bonds. The molecule has 0 bridgehead atoms. The minimum atomic E-state index is 1.14. The highest BCUT2D eigenvalue weighted by atomic mass is 15.1. The van der Waals surface area contributed by atoms with Crippen LogP contribution in [-0.2, 0) is 0 Å². The lowest BCUT2D eigenvalue weighted by Crippen LogP contribution is -2.10. The van der Waals surface area contributed by atoms with Crippen molar-refractivity contribution < 1.29 is 0 Å². The van der Waals surface area contributed by atoms with E-state index in [1.54, 1.807) is 0 Å². The van der Waals surface area contributed by atoms with E-state index in [4.69, 9.17) is 0 Å². The molecule has 0 N–H and O–H groups in total. The Labute approximate surface area is 268 Å². The number of aryl methyl sites for hydroxylation is 1. The van der Waals surface area contributed by atoms with Gasteiger partial charge in [0.05, 0.1) is 5.69 Å². The lowest BCUT2D eigenvalue weighted by molar-refractivity contribution is 1.30. The van der Waals surface area contributed by atoms with E-state index >= 15 is 0 Å². The molecule has 9 aromatic carbocycles. The summed E-state index contributed by atoms with van der Waals surface area (Å²) in [5.74, 6) is 0. The predicted octanol–water partition coefficient (Wildman–Crippen LogP) is 12.9. The third kappa shape index (κ3) is 4.24. The molecule has 0 spiro atoms.